The number of amides is 1. The van der Waals surface area contributed by atoms with Gasteiger partial charge in [-0.25, -0.2) is 0 Å². The maximum absolute atomic E-state index is 13.8. The summed E-state index contributed by atoms with van der Waals surface area (Å²) in [6.45, 7) is 2.50. The molecule has 6 heteroatoms. The number of hydrogen-bond donors (Lipinski definition) is 2. The standard InChI is InChI=1S/C30H25ClN2O3/c1-17-4-3-5-23-27(34)14-26-29(28(17)23)21(15-31)16-33(26)30(35)19-8-11-24-20(12-19)13-25(32-24)18-6-9-22(36-2)10-7-18/h3-14,21,32,34H,15-16H2,1-2H3. The molecule has 2 N–H and O–H groups in total. The smallest absolute Gasteiger partial charge is 0.258 e. The largest absolute Gasteiger partial charge is 0.507 e. The van der Waals surface area contributed by atoms with Crippen LogP contribution in [0, 0.1) is 6.92 Å². The third-order valence-electron chi connectivity index (χ3n) is 7.17. The molecule has 0 saturated heterocycles. The van der Waals surface area contributed by atoms with E-state index in [2.05, 4.69) is 11.1 Å². The molecule has 1 aliphatic rings. The normalized spacial score (nSPS) is 15.0. The van der Waals surface area contributed by atoms with Crippen LogP contribution in [0.5, 0.6) is 11.5 Å². The van der Waals surface area contributed by atoms with Crippen LogP contribution in [0.25, 0.3) is 32.9 Å². The van der Waals surface area contributed by atoms with Crippen LogP contribution in [-0.4, -0.2) is 35.5 Å². The van der Waals surface area contributed by atoms with Crippen molar-refractivity contribution in [1.29, 1.82) is 0 Å². The van der Waals surface area contributed by atoms with Crippen LogP contribution in [0.2, 0.25) is 0 Å². The Morgan fingerprint density at radius 3 is 2.67 bits per heavy atom. The summed E-state index contributed by atoms with van der Waals surface area (Å²) in [4.78, 5) is 19.0. The van der Waals surface area contributed by atoms with E-state index in [4.69, 9.17) is 16.3 Å². The van der Waals surface area contributed by atoms with Crippen LogP contribution in [0.4, 0.5) is 5.69 Å². The van der Waals surface area contributed by atoms with Gasteiger partial charge in [0, 0.05) is 52.0 Å². The average Bonchev–Trinajstić information content (AvgIpc) is 3.49. The molecule has 2 heterocycles. The Balaban J connectivity index is 1.40. The van der Waals surface area contributed by atoms with Crippen LogP contribution in [0.3, 0.4) is 0 Å². The van der Waals surface area contributed by atoms with Crippen LogP contribution < -0.4 is 9.64 Å². The van der Waals surface area contributed by atoms with Crippen molar-refractivity contribution < 1.29 is 14.6 Å². The first kappa shape index (κ1) is 22.5. The first-order chi connectivity index (χ1) is 17.5. The van der Waals surface area contributed by atoms with Gasteiger partial charge in [-0.1, -0.05) is 18.2 Å². The summed E-state index contributed by atoms with van der Waals surface area (Å²) in [5, 5.41) is 13.5. The minimum atomic E-state index is -0.106. The van der Waals surface area contributed by atoms with Gasteiger partial charge < -0.3 is 19.7 Å². The molecule has 180 valence electrons. The number of aromatic nitrogens is 1. The van der Waals surface area contributed by atoms with Crippen molar-refractivity contribution in [2.24, 2.45) is 0 Å². The Morgan fingerprint density at radius 1 is 1.11 bits per heavy atom. The fraction of sp³-hybridized carbons (Fsp3) is 0.167. The number of aryl methyl sites for hydroxylation is 1. The minimum Gasteiger partial charge on any atom is -0.507 e. The number of carbonyl (C=O) groups is 1. The number of fused-ring (bicyclic) bond motifs is 4. The monoisotopic (exact) mass is 496 g/mol. The number of methoxy groups -OCH3 is 1. The third-order valence-corrected chi connectivity index (χ3v) is 7.54. The van der Waals surface area contributed by atoms with Gasteiger partial charge in [-0.2, -0.15) is 0 Å². The van der Waals surface area contributed by atoms with Gasteiger partial charge in [-0.05, 0) is 77.5 Å². The lowest BCUT2D eigenvalue weighted by Crippen LogP contribution is -2.30. The minimum absolute atomic E-state index is 0.00696. The van der Waals surface area contributed by atoms with E-state index in [9.17, 15) is 9.90 Å². The summed E-state index contributed by atoms with van der Waals surface area (Å²) in [5.74, 6) is 1.26. The average molecular weight is 497 g/mol. The van der Waals surface area contributed by atoms with E-state index < -0.39 is 0 Å². The van der Waals surface area contributed by atoms with Crippen molar-refractivity contribution in [3.05, 3.63) is 89.5 Å². The molecule has 0 bridgehead atoms. The summed E-state index contributed by atoms with van der Waals surface area (Å²) in [7, 11) is 1.65. The van der Waals surface area contributed by atoms with E-state index in [-0.39, 0.29) is 17.6 Å². The quantitative estimate of drug-likeness (QED) is 0.263. The number of rotatable bonds is 4. The highest BCUT2D eigenvalue weighted by molar-refractivity contribution is 6.19. The van der Waals surface area contributed by atoms with Gasteiger partial charge in [0.05, 0.1) is 12.8 Å². The molecule has 6 rings (SSSR count). The molecule has 1 aromatic heterocycles. The molecule has 4 aromatic carbocycles. The maximum Gasteiger partial charge on any atom is 0.258 e. The second kappa shape index (κ2) is 8.61. The molecule has 0 fully saturated rings. The summed E-state index contributed by atoms with van der Waals surface area (Å²) in [6, 6.07) is 23.2. The number of alkyl halides is 1. The molecular weight excluding hydrogens is 472 g/mol. The van der Waals surface area contributed by atoms with Gasteiger partial charge in [0.1, 0.15) is 11.5 Å². The maximum atomic E-state index is 13.8. The summed E-state index contributed by atoms with van der Waals surface area (Å²) in [6.07, 6.45) is 0. The summed E-state index contributed by atoms with van der Waals surface area (Å²) in [5.41, 5.74) is 6.38. The van der Waals surface area contributed by atoms with Crippen molar-refractivity contribution in [3.8, 4) is 22.8 Å². The number of nitrogens with zero attached hydrogens (tertiary/aromatic N) is 1. The van der Waals surface area contributed by atoms with E-state index in [1.165, 1.54) is 0 Å². The summed E-state index contributed by atoms with van der Waals surface area (Å²) >= 11 is 6.39. The molecule has 5 nitrogen and oxygen atoms in total. The topological polar surface area (TPSA) is 65.6 Å². The highest BCUT2D eigenvalue weighted by Crippen LogP contribution is 2.46. The van der Waals surface area contributed by atoms with Crippen molar-refractivity contribution in [2.75, 3.05) is 24.4 Å². The number of phenols is 1. The number of phenolic OH excluding ortho intramolecular Hbond substituents is 1. The Labute approximate surface area is 213 Å². The first-order valence-electron chi connectivity index (χ1n) is 11.9. The van der Waals surface area contributed by atoms with Gasteiger partial charge in [-0.15, -0.1) is 11.6 Å². The van der Waals surface area contributed by atoms with Crippen LogP contribution in [-0.2, 0) is 0 Å². The lowest BCUT2D eigenvalue weighted by atomic mass is 9.92. The van der Waals surface area contributed by atoms with Crippen LogP contribution >= 0.6 is 11.6 Å². The van der Waals surface area contributed by atoms with Crippen LogP contribution in [0.15, 0.2) is 72.8 Å². The van der Waals surface area contributed by atoms with E-state index in [0.29, 0.717) is 18.0 Å². The Bertz CT molecular complexity index is 1640. The molecule has 1 aliphatic heterocycles. The number of aromatic hydroxyl groups is 1. The van der Waals surface area contributed by atoms with Crippen molar-refractivity contribution in [3.63, 3.8) is 0 Å². The number of anilines is 1. The molecule has 0 aliphatic carbocycles. The number of aromatic amines is 1. The Hall–Kier alpha value is -3.96. The lowest BCUT2D eigenvalue weighted by Gasteiger charge is -2.19. The van der Waals surface area contributed by atoms with Gasteiger partial charge in [0.2, 0.25) is 0 Å². The fourth-order valence-corrected chi connectivity index (χ4v) is 5.62. The van der Waals surface area contributed by atoms with Crippen molar-refractivity contribution in [2.45, 2.75) is 12.8 Å². The van der Waals surface area contributed by atoms with Gasteiger partial charge in [0.15, 0.2) is 0 Å². The molecule has 0 spiro atoms. The highest BCUT2D eigenvalue weighted by Gasteiger charge is 2.35. The predicted molar refractivity (Wildman–Crippen MR) is 146 cm³/mol. The molecular formula is C30H25ClN2O3. The lowest BCUT2D eigenvalue weighted by molar-refractivity contribution is 0.0988. The zero-order valence-electron chi connectivity index (χ0n) is 20.0. The number of carbonyl (C=O) groups excluding carboxylic acids is 1. The molecule has 36 heavy (non-hydrogen) atoms. The number of halogens is 1. The van der Waals surface area contributed by atoms with Gasteiger partial charge in [-0.3, -0.25) is 4.79 Å². The second-order valence-electron chi connectivity index (χ2n) is 9.31. The molecule has 1 unspecified atom stereocenters. The Morgan fingerprint density at radius 2 is 1.92 bits per heavy atom. The van der Waals surface area contributed by atoms with E-state index >= 15 is 0 Å². The van der Waals surface area contributed by atoms with Crippen molar-refractivity contribution in [1.82, 2.24) is 4.98 Å². The van der Waals surface area contributed by atoms with Crippen molar-refractivity contribution >= 4 is 44.9 Å². The van der Waals surface area contributed by atoms with E-state index in [1.807, 2.05) is 67.6 Å². The second-order valence-corrected chi connectivity index (χ2v) is 9.62. The number of benzene rings is 4. The molecule has 1 amide bonds. The van der Waals surface area contributed by atoms with E-state index in [1.54, 1.807) is 18.1 Å². The number of hydrogen-bond acceptors (Lipinski definition) is 3. The SMILES string of the molecule is COc1ccc(-c2cc3cc(C(=O)N4CC(CCl)c5c4cc(O)c4cccc(C)c54)ccc3[nH]2)cc1. The Kier molecular flexibility index (Phi) is 5.38. The molecule has 5 aromatic rings. The zero-order chi connectivity index (χ0) is 25.0. The van der Waals surface area contributed by atoms with E-state index in [0.717, 1.165) is 55.5 Å². The zero-order valence-corrected chi connectivity index (χ0v) is 20.8. The van der Waals surface area contributed by atoms with Gasteiger partial charge in [0.25, 0.3) is 5.91 Å². The first-order valence-corrected chi connectivity index (χ1v) is 12.4. The number of H-pyrrole nitrogens is 1. The molecule has 0 radical (unpaired) electrons. The number of ether oxygens (including phenoxy) is 1. The number of nitrogens with one attached hydrogen (secondary N) is 1. The van der Waals surface area contributed by atoms with Crippen LogP contribution in [0.1, 0.15) is 27.4 Å². The highest BCUT2D eigenvalue weighted by atomic mass is 35.5. The predicted octanol–water partition coefficient (Wildman–Crippen LogP) is 6.99. The molecule has 1 atom stereocenters. The third kappa shape index (κ3) is 3.50. The molecule has 0 saturated carbocycles. The fourth-order valence-electron chi connectivity index (χ4n) is 5.36. The summed E-state index contributed by atoms with van der Waals surface area (Å²) < 4.78 is 5.26. The van der Waals surface area contributed by atoms with Gasteiger partial charge >= 0.3 is 0 Å².